The predicted molar refractivity (Wildman–Crippen MR) is 70.2 cm³/mol. The van der Waals surface area contributed by atoms with Gasteiger partial charge in [0.05, 0.1) is 13.1 Å². The average molecular weight is 256 g/mol. The average Bonchev–Trinajstić information content (AvgIpc) is 2.63. The summed E-state index contributed by atoms with van der Waals surface area (Å²) in [4.78, 5) is 26.9. The topological polar surface area (TPSA) is 64.7 Å². The molecule has 2 N–H and O–H groups in total. The van der Waals surface area contributed by atoms with Crippen molar-refractivity contribution in [1.82, 2.24) is 20.4 Å². The number of rotatable bonds is 5. The van der Waals surface area contributed by atoms with Crippen LogP contribution in [0.3, 0.4) is 0 Å². The first-order valence-corrected chi connectivity index (χ1v) is 6.57. The summed E-state index contributed by atoms with van der Waals surface area (Å²) in [6.45, 7) is 6.79. The number of nitrogens with zero attached hydrogens (tertiary/aromatic N) is 2. The van der Waals surface area contributed by atoms with Gasteiger partial charge in [-0.2, -0.15) is 0 Å². The maximum absolute atomic E-state index is 11.7. The summed E-state index contributed by atoms with van der Waals surface area (Å²) in [5.74, 6) is -0.127. The van der Waals surface area contributed by atoms with Crippen LogP contribution in [0.2, 0.25) is 0 Å². The molecular weight excluding hydrogens is 232 g/mol. The molecule has 18 heavy (non-hydrogen) atoms. The first-order valence-electron chi connectivity index (χ1n) is 6.57. The minimum atomic E-state index is -0.0743. The van der Waals surface area contributed by atoms with Crippen molar-refractivity contribution < 1.29 is 9.59 Å². The largest absolute Gasteiger partial charge is 0.346 e. The zero-order chi connectivity index (χ0) is 13.4. The Hall–Kier alpha value is -1.14. The molecule has 6 heteroatoms. The van der Waals surface area contributed by atoms with Crippen LogP contribution >= 0.6 is 0 Å². The van der Waals surface area contributed by atoms with Gasteiger partial charge in [-0.05, 0) is 26.4 Å². The maximum Gasteiger partial charge on any atom is 0.241 e. The highest BCUT2D eigenvalue weighted by molar-refractivity contribution is 5.85. The molecular formula is C12H24N4O2. The number of hydrogen-bond donors (Lipinski definition) is 2. The van der Waals surface area contributed by atoms with Crippen molar-refractivity contribution in [3.63, 3.8) is 0 Å². The van der Waals surface area contributed by atoms with E-state index in [0.717, 1.165) is 32.6 Å². The Bertz CT molecular complexity index is 275. The monoisotopic (exact) mass is 256 g/mol. The molecule has 1 aliphatic rings. The number of nitrogens with one attached hydrogen (secondary N) is 2. The minimum absolute atomic E-state index is 0.0524. The van der Waals surface area contributed by atoms with Gasteiger partial charge in [-0.15, -0.1) is 0 Å². The molecule has 0 spiro atoms. The molecule has 0 aromatic rings. The van der Waals surface area contributed by atoms with Crippen LogP contribution < -0.4 is 10.6 Å². The first kappa shape index (κ1) is 14.9. The van der Waals surface area contributed by atoms with Gasteiger partial charge in [0.2, 0.25) is 11.8 Å². The van der Waals surface area contributed by atoms with E-state index in [0.29, 0.717) is 13.1 Å². The van der Waals surface area contributed by atoms with Gasteiger partial charge in [0.1, 0.15) is 0 Å². The van der Waals surface area contributed by atoms with Gasteiger partial charge in [-0.25, -0.2) is 0 Å². The lowest BCUT2D eigenvalue weighted by Crippen LogP contribution is -2.43. The molecule has 0 aromatic heterocycles. The molecule has 6 nitrogen and oxygen atoms in total. The second-order valence-corrected chi connectivity index (χ2v) is 4.56. The van der Waals surface area contributed by atoms with Gasteiger partial charge in [0.15, 0.2) is 0 Å². The SMILES string of the molecule is CCN(C)C(=O)CNC(=O)CN1CCCNCC1. The van der Waals surface area contributed by atoms with E-state index in [-0.39, 0.29) is 18.4 Å². The molecule has 1 rings (SSSR count). The Labute approximate surface area is 109 Å². The molecule has 0 bridgehead atoms. The third kappa shape index (κ3) is 5.46. The molecule has 0 aliphatic carbocycles. The molecule has 1 fully saturated rings. The molecule has 2 amide bonds. The summed E-state index contributed by atoms with van der Waals surface area (Å²) in [5.41, 5.74) is 0. The van der Waals surface area contributed by atoms with Crippen molar-refractivity contribution in [1.29, 1.82) is 0 Å². The van der Waals surface area contributed by atoms with Gasteiger partial charge in [0.25, 0.3) is 0 Å². The molecule has 1 saturated heterocycles. The fraction of sp³-hybridized carbons (Fsp3) is 0.833. The zero-order valence-electron chi connectivity index (χ0n) is 11.4. The summed E-state index contributed by atoms with van der Waals surface area (Å²) in [6.07, 6.45) is 1.06. The molecule has 0 radical (unpaired) electrons. The van der Waals surface area contributed by atoms with Crippen LogP contribution in [0.25, 0.3) is 0 Å². The quantitative estimate of drug-likeness (QED) is 0.654. The number of amides is 2. The van der Waals surface area contributed by atoms with E-state index in [1.165, 1.54) is 0 Å². The molecule has 104 valence electrons. The van der Waals surface area contributed by atoms with E-state index >= 15 is 0 Å². The zero-order valence-corrected chi connectivity index (χ0v) is 11.4. The summed E-state index contributed by atoms with van der Waals surface area (Å²) in [6, 6.07) is 0. The molecule has 1 heterocycles. The highest BCUT2D eigenvalue weighted by Crippen LogP contribution is 1.94. The molecule has 0 atom stereocenters. The van der Waals surface area contributed by atoms with Gasteiger partial charge >= 0.3 is 0 Å². The van der Waals surface area contributed by atoms with Crippen LogP contribution in [0.1, 0.15) is 13.3 Å². The fourth-order valence-electron chi connectivity index (χ4n) is 1.80. The third-order valence-corrected chi connectivity index (χ3v) is 3.14. The smallest absolute Gasteiger partial charge is 0.241 e. The second kappa shape index (κ2) is 8.05. The Balaban J connectivity index is 2.22. The van der Waals surface area contributed by atoms with Crippen LogP contribution in [0.4, 0.5) is 0 Å². The van der Waals surface area contributed by atoms with Gasteiger partial charge < -0.3 is 15.5 Å². The Morgan fingerprint density at radius 1 is 1.33 bits per heavy atom. The maximum atomic E-state index is 11.7. The summed E-state index contributed by atoms with van der Waals surface area (Å²) < 4.78 is 0. The molecule has 1 aliphatic heterocycles. The number of likely N-dealkylation sites (N-methyl/N-ethyl adjacent to an activating group) is 1. The second-order valence-electron chi connectivity index (χ2n) is 4.56. The molecule has 0 saturated carbocycles. The van der Waals surface area contributed by atoms with Crippen LogP contribution in [-0.4, -0.2) is 74.5 Å². The fourth-order valence-corrected chi connectivity index (χ4v) is 1.80. The van der Waals surface area contributed by atoms with Crippen LogP contribution in [0.15, 0.2) is 0 Å². The summed E-state index contributed by atoms with van der Waals surface area (Å²) in [5, 5.41) is 5.96. The van der Waals surface area contributed by atoms with Crippen LogP contribution in [0.5, 0.6) is 0 Å². The van der Waals surface area contributed by atoms with Crippen molar-refractivity contribution in [2.45, 2.75) is 13.3 Å². The van der Waals surface area contributed by atoms with Gasteiger partial charge in [0, 0.05) is 26.7 Å². The van der Waals surface area contributed by atoms with E-state index in [1.807, 2.05) is 6.92 Å². The standard InChI is InChI=1S/C12H24N4O2/c1-3-15(2)12(18)9-14-11(17)10-16-7-4-5-13-6-8-16/h13H,3-10H2,1-2H3,(H,14,17). The van der Waals surface area contributed by atoms with E-state index in [2.05, 4.69) is 15.5 Å². The van der Waals surface area contributed by atoms with Crippen molar-refractivity contribution >= 4 is 11.8 Å². The normalized spacial score (nSPS) is 17.0. The summed E-state index contributed by atoms with van der Waals surface area (Å²) in [7, 11) is 1.73. The Morgan fingerprint density at radius 3 is 2.83 bits per heavy atom. The lowest BCUT2D eigenvalue weighted by molar-refractivity contribution is -0.132. The lowest BCUT2D eigenvalue weighted by atomic mass is 10.4. The van der Waals surface area contributed by atoms with E-state index in [4.69, 9.17) is 0 Å². The predicted octanol–water partition coefficient (Wildman–Crippen LogP) is -1.12. The van der Waals surface area contributed by atoms with Crippen molar-refractivity contribution in [3.05, 3.63) is 0 Å². The highest BCUT2D eigenvalue weighted by atomic mass is 16.2. The van der Waals surface area contributed by atoms with Crippen LogP contribution in [-0.2, 0) is 9.59 Å². The first-order chi connectivity index (χ1) is 8.63. The highest BCUT2D eigenvalue weighted by Gasteiger charge is 2.14. The van der Waals surface area contributed by atoms with Gasteiger partial charge in [-0.3, -0.25) is 14.5 Å². The molecule has 0 aromatic carbocycles. The Kier molecular flexibility index (Phi) is 6.67. The van der Waals surface area contributed by atoms with Crippen molar-refractivity contribution in [2.75, 3.05) is 52.9 Å². The number of hydrogen-bond acceptors (Lipinski definition) is 4. The lowest BCUT2D eigenvalue weighted by Gasteiger charge is -2.19. The van der Waals surface area contributed by atoms with E-state index in [9.17, 15) is 9.59 Å². The number of carbonyl (C=O) groups excluding carboxylic acids is 2. The summed E-state index contributed by atoms with van der Waals surface area (Å²) >= 11 is 0. The Morgan fingerprint density at radius 2 is 2.11 bits per heavy atom. The van der Waals surface area contributed by atoms with E-state index < -0.39 is 0 Å². The van der Waals surface area contributed by atoms with Crippen LogP contribution in [0, 0.1) is 0 Å². The number of carbonyl (C=O) groups is 2. The van der Waals surface area contributed by atoms with Crippen molar-refractivity contribution in [2.24, 2.45) is 0 Å². The molecule has 0 unspecified atom stereocenters. The minimum Gasteiger partial charge on any atom is -0.346 e. The van der Waals surface area contributed by atoms with E-state index in [1.54, 1.807) is 11.9 Å². The third-order valence-electron chi connectivity index (χ3n) is 3.14. The van der Waals surface area contributed by atoms with Crippen molar-refractivity contribution in [3.8, 4) is 0 Å². The van der Waals surface area contributed by atoms with Gasteiger partial charge in [-0.1, -0.05) is 0 Å².